The number of nitrogens with zero attached hydrogens (tertiary/aromatic N) is 1. The minimum absolute atomic E-state index is 0. The van der Waals surface area contributed by atoms with Gasteiger partial charge >= 0.3 is 5.97 Å². The van der Waals surface area contributed by atoms with Crippen LogP contribution in [0, 0.1) is 0 Å². The molecule has 0 fully saturated rings. The first kappa shape index (κ1) is 27.5. The zero-order valence-corrected chi connectivity index (χ0v) is 21.9. The van der Waals surface area contributed by atoms with Crippen molar-refractivity contribution in [3.05, 3.63) is 81.8 Å². The third-order valence-corrected chi connectivity index (χ3v) is 6.44. The zero-order chi connectivity index (χ0) is 23.3. The molecule has 1 atom stereocenters. The largest absolute Gasteiger partial charge is 0.461 e. The van der Waals surface area contributed by atoms with Crippen LogP contribution in [0.5, 0.6) is 0 Å². The Morgan fingerprint density at radius 3 is 2.27 bits per heavy atom. The molecule has 0 saturated carbocycles. The number of hydrogen-bond donors (Lipinski definition) is 0. The van der Waals surface area contributed by atoms with E-state index in [0.717, 1.165) is 13.0 Å². The van der Waals surface area contributed by atoms with Crippen molar-refractivity contribution < 1.29 is 9.53 Å². The van der Waals surface area contributed by atoms with Crippen LogP contribution in [0.3, 0.4) is 0 Å². The predicted molar refractivity (Wildman–Crippen MR) is 142 cm³/mol. The maximum Gasteiger partial charge on any atom is 0.339 e. The van der Waals surface area contributed by atoms with Crippen molar-refractivity contribution in [3.8, 4) is 0 Å². The fraction of sp³-hybridized carbons (Fsp3) is 0.370. The smallest absolute Gasteiger partial charge is 0.339 e. The number of rotatable bonds is 9. The lowest BCUT2D eigenvalue weighted by molar-refractivity contribution is 0.0466. The average molecular weight is 509 g/mol. The zero-order valence-electron chi connectivity index (χ0n) is 19.6. The van der Waals surface area contributed by atoms with Gasteiger partial charge in [-0.05, 0) is 75.2 Å². The summed E-state index contributed by atoms with van der Waals surface area (Å²) in [6.45, 7) is 10.1. The molecular weight excluding hydrogens is 477 g/mol. The Morgan fingerprint density at radius 1 is 0.939 bits per heavy atom. The van der Waals surface area contributed by atoms with Crippen LogP contribution in [0.25, 0.3) is 10.8 Å². The van der Waals surface area contributed by atoms with Gasteiger partial charge in [0.1, 0.15) is 0 Å². The summed E-state index contributed by atoms with van der Waals surface area (Å²) in [5, 5.41) is 3.17. The number of carbonyl (C=O) groups excluding carboxylic acids is 1. The van der Waals surface area contributed by atoms with Gasteiger partial charge in [-0.25, -0.2) is 4.79 Å². The molecule has 0 saturated heterocycles. The van der Waals surface area contributed by atoms with E-state index in [1.54, 1.807) is 18.2 Å². The van der Waals surface area contributed by atoms with Gasteiger partial charge in [-0.2, -0.15) is 0 Å². The normalized spacial score (nSPS) is 12.3. The minimum atomic E-state index is -0.429. The number of carbonyl (C=O) groups is 1. The number of ether oxygens (including phenoxy) is 1. The van der Waals surface area contributed by atoms with Crippen LogP contribution in [0.2, 0.25) is 10.0 Å². The van der Waals surface area contributed by atoms with E-state index in [0.29, 0.717) is 27.7 Å². The Labute approximate surface area is 213 Å². The molecule has 0 aliphatic carbocycles. The molecule has 1 unspecified atom stereocenters. The lowest BCUT2D eigenvalue weighted by Gasteiger charge is -2.32. The van der Waals surface area contributed by atoms with E-state index in [2.05, 4.69) is 69.0 Å². The summed E-state index contributed by atoms with van der Waals surface area (Å²) in [4.78, 5) is 15.2. The van der Waals surface area contributed by atoms with Crippen molar-refractivity contribution in [1.29, 1.82) is 0 Å². The Hall–Kier alpha value is -1.78. The van der Waals surface area contributed by atoms with Crippen LogP contribution in [0.4, 0.5) is 0 Å². The molecule has 0 N–H and O–H groups in total. The van der Waals surface area contributed by atoms with Gasteiger partial charge in [-0.3, -0.25) is 4.90 Å². The number of benzene rings is 3. The molecular formula is C27H32Cl3NO2. The Kier molecular flexibility index (Phi) is 10.5. The Balaban J connectivity index is 0.00000385. The lowest BCUT2D eigenvalue weighted by atomic mass is 9.91. The van der Waals surface area contributed by atoms with Gasteiger partial charge in [0.05, 0.1) is 17.2 Å². The van der Waals surface area contributed by atoms with Crippen LogP contribution in [0.1, 0.15) is 56.0 Å². The summed E-state index contributed by atoms with van der Waals surface area (Å²) in [7, 11) is 0. The molecule has 3 aromatic rings. The highest BCUT2D eigenvalue weighted by atomic mass is 35.5. The Morgan fingerprint density at radius 2 is 1.61 bits per heavy atom. The molecule has 0 aliphatic rings. The number of esters is 1. The van der Waals surface area contributed by atoms with Gasteiger partial charge in [-0.15, -0.1) is 12.4 Å². The van der Waals surface area contributed by atoms with E-state index in [1.807, 2.05) is 6.07 Å². The lowest BCUT2D eigenvalue weighted by Crippen LogP contribution is -2.38. The van der Waals surface area contributed by atoms with Crippen LogP contribution in [-0.4, -0.2) is 36.1 Å². The van der Waals surface area contributed by atoms with E-state index in [9.17, 15) is 4.79 Å². The standard InChI is InChI=1S/C27H31Cl2NO2.ClH/c1-18(2)30(19(3)4)15-14-21(24-11-7-9-20-8-5-6-10-23(20)24)17-32-27(31)25-13-12-22(28)16-26(25)29;/h5-13,16,18-19,21H,14-15,17H2,1-4H3;1H. The SMILES string of the molecule is CC(C)N(CCC(COC(=O)c1ccc(Cl)cc1Cl)c1cccc2ccccc12)C(C)C.Cl. The van der Waals surface area contributed by atoms with E-state index in [1.165, 1.54) is 16.3 Å². The number of halogens is 3. The van der Waals surface area contributed by atoms with E-state index < -0.39 is 5.97 Å². The molecule has 178 valence electrons. The molecule has 0 heterocycles. The fourth-order valence-corrected chi connectivity index (χ4v) is 4.75. The highest BCUT2D eigenvalue weighted by molar-refractivity contribution is 6.36. The van der Waals surface area contributed by atoms with E-state index in [-0.39, 0.29) is 24.9 Å². The van der Waals surface area contributed by atoms with Gasteiger partial charge in [0.15, 0.2) is 0 Å². The molecule has 3 nitrogen and oxygen atoms in total. The van der Waals surface area contributed by atoms with Crippen LogP contribution in [-0.2, 0) is 4.74 Å². The molecule has 6 heteroatoms. The second-order valence-electron chi connectivity index (χ2n) is 8.70. The molecule has 33 heavy (non-hydrogen) atoms. The first-order valence-corrected chi connectivity index (χ1v) is 11.9. The molecule has 0 bridgehead atoms. The van der Waals surface area contributed by atoms with Crippen molar-refractivity contribution in [2.24, 2.45) is 0 Å². The predicted octanol–water partition coefficient (Wildman–Crippen LogP) is 8.02. The first-order chi connectivity index (χ1) is 15.3. The molecule has 0 aromatic heterocycles. The molecule has 0 spiro atoms. The van der Waals surface area contributed by atoms with Gasteiger partial charge in [0, 0.05) is 23.0 Å². The topological polar surface area (TPSA) is 29.5 Å². The molecule has 0 radical (unpaired) electrons. The quantitative estimate of drug-likeness (QED) is 0.274. The van der Waals surface area contributed by atoms with Gasteiger partial charge in [0.2, 0.25) is 0 Å². The first-order valence-electron chi connectivity index (χ1n) is 11.1. The van der Waals surface area contributed by atoms with Gasteiger partial charge in [-0.1, -0.05) is 65.7 Å². The third kappa shape index (κ3) is 7.10. The highest BCUT2D eigenvalue weighted by Gasteiger charge is 2.22. The maximum absolute atomic E-state index is 12.8. The second-order valence-corrected chi connectivity index (χ2v) is 9.55. The second kappa shape index (κ2) is 12.6. The highest BCUT2D eigenvalue weighted by Crippen LogP contribution is 2.30. The van der Waals surface area contributed by atoms with Gasteiger partial charge in [0.25, 0.3) is 0 Å². The Bertz CT molecular complexity index is 1050. The molecule has 0 aliphatic heterocycles. The van der Waals surface area contributed by atoms with Crippen molar-refractivity contribution in [2.45, 2.75) is 52.1 Å². The van der Waals surface area contributed by atoms with Crippen molar-refractivity contribution >= 4 is 52.4 Å². The van der Waals surface area contributed by atoms with Crippen molar-refractivity contribution in [2.75, 3.05) is 13.2 Å². The summed E-state index contributed by atoms with van der Waals surface area (Å²) >= 11 is 12.2. The summed E-state index contributed by atoms with van der Waals surface area (Å²) in [6.07, 6.45) is 0.881. The summed E-state index contributed by atoms with van der Waals surface area (Å²) < 4.78 is 5.78. The number of hydrogen-bond acceptors (Lipinski definition) is 3. The molecule has 0 amide bonds. The minimum Gasteiger partial charge on any atom is -0.461 e. The fourth-order valence-electron chi connectivity index (χ4n) is 4.26. The van der Waals surface area contributed by atoms with E-state index >= 15 is 0 Å². The third-order valence-electron chi connectivity index (χ3n) is 5.89. The average Bonchev–Trinajstić information content (AvgIpc) is 2.75. The van der Waals surface area contributed by atoms with Crippen molar-refractivity contribution in [1.82, 2.24) is 4.90 Å². The van der Waals surface area contributed by atoms with Crippen molar-refractivity contribution in [3.63, 3.8) is 0 Å². The molecule has 3 aromatic carbocycles. The van der Waals surface area contributed by atoms with Gasteiger partial charge < -0.3 is 4.74 Å². The summed E-state index contributed by atoms with van der Waals surface area (Å²) in [5.41, 5.74) is 1.53. The van der Waals surface area contributed by atoms with Crippen LogP contribution in [0.15, 0.2) is 60.7 Å². The number of fused-ring (bicyclic) bond motifs is 1. The summed E-state index contributed by atoms with van der Waals surface area (Å²) in [5.74, 6) is -0.363. The monoisotopic (exact) mass is 507 g/mol. The summed E-state index contributed by atoms with van der Waals surface area (Å²) in [6, 6.07) is 20.4. The molecule has 3 rings (SSSR count). The van der Waals surface area contributed by atoms with E-state index in [4.69, 9.17) is 27.9 Å². The van der Waals surface area contributed by atoms with Crippen LogP contribution >= 0.6 is 35.6 Å². The van der Waals surface area contributed by atoms with Crippen LogP contribution < -0.4 is 0 Å². The maximum atomic E-state index is 12.8.